The normalized spacial score (nSPS) is 17.2. The van der Waals surface area contributed by atoms with E-state index in [1.54, 1.807) is 0 Å². The maximum absolute atomic E-state index is 13.1. The van der Waals surface area contributed by atoms with Gasteiger partial charge in [0.25, 0.3) is 5.91 Å². The van der Waals surface area contributed by atoms with Gasteiger partial charge < -0.3 is 10.2 Å². The Morgan fingerprint density at radius 3 is 2.56 bits per heavy atom. The average Bonchev–Trinajstić information content (AvgIpc) is 2.63. The molecular weight excluding hydrogens is 360 g/mol. The van der Waals surface area contributed by atoms with Crippen molar-refractivity contribution in [1.29, 1.82) is 0 Å². The molecule has 27 heavy (non-hydrogen) atoms. The van der Waals surface area contributed by atoms with Crippen LogP contribution >= 0.6 is 0 Å². The molecule has 0 bridgehead atoms. The van der Waals surface area contributed by atoms with E-state index in [9.17, 15) is 28.0 Å². The van der Waals surface area contributed by atoms with E-state index in [2.05, 4.69) is 25.1 Å². The number of carbonyl (C=O) groups excluding carboxylic acids is 4. The highest BCUT2D eigenvalue weighted by atomic mass is 19.3. The summed E-state index contributed by atoms with van der Waals surface area (Å²) in [6.07, 6.45) is 4.50. The first-order chi connectivity index (χ1) is 12.6. The standard InChI is InChI=1S/C18H21F2N3O4/c1-4-15(25)23(13-8-9-14(24)22-16(13)26)10-6-7-12(3)11-21-17(27)18(19,20)5-2/h4-7,13H,1-3,8-11H2,(H,21,27)(H,22,24,26)/b7-6+. The molecular formula is C18H21F2N3O4. The first-order valence-electron chi connectivity index (χ1n) is 8.03. The van der Waals surface area contributed by atoms with Crippen molar-refractivity contribution in [2.24, 2.45) is 0 Å². The molecule has 1 heterocycles. The number of hydrogen-bond donors (Lipinski definition) is 2. The van der Waals surface area contributed by atoms with Crippen LogP contribution < -0.4 is 10.6 Å². The Labute approximate surface area is 155 Å². The van der Waals surface area contributed by atoms with Crippen LogP contribution in [0.25, 0.3) is 0 Å². The average molecular weight is 381 g/mol. The SMILES string of the molecule is C=CC(=O)N(C/C=C/C(=C)CNC(=O)C(F)(F)C=C)C1CCC(=O)NC1=O. The van der Waals surface area contributed by atoms with Crippen LogP contribution in [0.4, 0.5) is 8.78 Å². The lowest BCUT2D eigenvalue weighted by Crippen LogP contribution is -2.54. The van der Waals surface area contributed by atoms with Crippen molar-refractivity contribution in [2.75, 3.05) is 13.1 Å². The molecule has 4 amide bonds. The highest BCUT2D eigenvalue weighted by Crippen LogP contribution is 2.15. The minimum absolute atomic E-state index is 0.00686. The van der Waals surface area contributed by atoms with E-state index in [0.29, 0.717) is 5.57 Å². The second-order valence-electron chi connectivity index (χ2n) is 5.73. The van der Waals surface area contributed by atoms with E-state index in [0.717, 1.165) is 6.08 Å². The lowest BCUT2D eigenvalue weighted by Gasteiger charge is -2.31. The van der Waals surface area contributed by atoms with E-state index < -0.39 is 35.6 Å². The lowest BCUT2D eigenvalue weighted by atomic mass is 10.0. The Morgan fingerprint density at radius 2 is 2.00 bits per heavy atom. The molecule has 1 saturated heterocycles. The van der Waals surface area contributed by atoms with Crippen LogP contribution in [0.5, 0.6) is 0 Å². The van der Waals surface area contributed by atoms with Crippen molar-refractivity contribution in [3.8, 4) is 0 Å². The molecule has 0 spiro atoms. The molecule has 1 unspecified atom stereocenters. The van der Waals surface area contributed by atoms with Crippen molar-refractivity contribution in [2.45, 2.75) is 24.8 Å². The van der Waals surface area contributed by atoms with Crippen molar-refractivity contribution < 1.29 is 28.0 Å². The Hall–Kier alpha value is -3.10. The molecule has 2 N–H and O–H groups in total. The summed E-state index contributed by atoms with van der Waals surface area (Å²) < 4.78 is 26.1. The van der Waals surface area contributed by atoms with E-state index in [4.69, 9.17) is 0 Å². The molecule has 1 aliphatic rings. The predicted octanol–water partition coefficient (Wildman–Crippen LogP) is 0.856. The first-order valence-corrected chi connectivity index (χ1v) is 8.03. The van der Waals surface area contributed by atoms with Gasteiger partial charge in [-0.25, -0.2) is 0 Å². The number of amides is 4. The summed E-state index contributed by atoms with van der Waals surface area (Å²) in [5, 5.41) is 4.18. The fourth-order valence-corrected chi connectivity index (χ4v) is 2.26. The summed E-state index contributed by atoms with van der Waals surface area (Å²) in [7, 11) is 0. The number of nitrogens with zero attached hydrogens (tertiary/aromatic N) is 1. The zero-order chi connectivity index (χ0) is 20.6. The summed E-state index contributed by atoms with van der Waals surface area (Å²) in [4.78, 5) is 47.6. The third-order valence-electron chi connectivity index (χ3n) is 3.73. The fraction of sp³-hybridized carbons (Fsp3) is 0.333. The van der Waals surface area contributed by atoms with E-state index in [-0.39, 0.29) is 32.0 Å². The molecule has 0 radical (unpaired) electrons. The van der Waals surface area contributed by atoms with Crippen LogP contribution in [0, 0.1) is 0 Å². The molecule has 1 aliphatic heterocycles. The molecule has 9 heteroatoms. The second kappa shape index (κ2) is 9.56. The van der Waals surface area contributed by atoms with Crippen molar-refractivity contribution in [1.82, 2.24) is 15.5 Å². The number of piperidine rings is 1. The quantitative estimate of drug-likeness (QED) is 0.268. The maximum Gasteiger partial charge on any atom is 0.342 e. The van der Waals surface area contributed by atoms with Crippen LogP contribution in [0.3, 0.4) is 0 Å². The van der Waals surface area contributed by atoms with Crippen molar-refractivity contribution in [3.63, 3.8) is 0 Å². The van der Waals surface area contributed by atoms with Gasteiger partial charge in [0, 0.05) is 19.5 Å². The largest absolute Gasteiger partial charge is 0.347 e. The molecule has 7 nitrogen and oxygen atoms in total. The number of alkyl halides is 2. The molecule has 0 aromatic heterocycles. The highest BCUT2D eigenvalue weighted by molar-refractivity contribution is 6.02. The zero-order valence-electron chi connectivity index (χ0n) is 14.7. The van der Waals surface area contributed by atoms with E-state index >= 15 is 0 Å². The Morgan fingerprint density at radius 1 is 1.33 bits per heavy atom. The number of rotatable bonds is 9. The fourth-order valence-electron chi connectivity index (χ4n) is 2.26. The molecule has 1 fully saturated rings. The van der Waals surface area contributed by atoms with Crippen LogP contribution in [0.15, 0.2) is 49.6 Å². The molecule has 0 aromatic carbocycles. The number of imide groups is 1. The highest BCUT2D eigenvalue weighted by Gasteiger charge is 2.34. The lowest BCUT2D eigenvalue weighted by molar-refractivity contribution is -0.143. The topological polar surface area (TPSA) is 95.6 Å². The Bertz CT molecular complexity index is 701. The van der Waals surface area contributed by atoms with Gasteiger partial charge in [-0.05, 0) is 24.1 Å². The third-order valence-corrected chi connectivity index (χ3v) is 3.73. The minimum Gasteiger partial charge on any atom is -0.347 e. The minimum atomic E-state index is -3.68. The first kappa shape index (κ1) is 21.9. The van der Waals surface area contributed by atoms with Gasteiger partial charge in [0.2, 0.25) is 17.7 Å². The van der Waals surface area contributed by atoms with Crippen LogP contribution in [-0.4, -0.2) is 53.6 Å². The van der Waals surface area contributed by atoms with Gasteiger partial charge in [-0.3, -0.25) is 24.5 Å². The summed E-state index contributed by atoms with van der Waals surface area (Å²) in [5.41, 5.74) is 0.303. The number of halogens is 2. The molecule has 0 aromatic rings. The van der Waals surface area contributed by atoms with Crippen LogP contribution in [0.1, 0.15) is 12.8 Å². The molecule has 0 aliphatic carbocycles. The van der Waals surface area contributed by atoms with Gasteiger partial charge in [-0.15, -0.1) is 0 Å². The van der Waals surface area contributed by atoms with Gasteiger partial charge >= 0.3 is 5.92 Å². The number of carbonyl (C=O) groups is 4. The second-order valence-corrected chi connectivity index (χ2v) is 5.73. The monoisotopic (exact) mass is 381 g/mol. The van der Waals surface area contributed by atoms with Gasteiger partial charge in [-0.1, -0.05) is 31.9 Å². The van der Waals surface area contributed by atoms with Crippen LogP contribution in [0.2, 0.25) is 0 Å². The molecule has 146 valence electrons. The van der Waals surface area contributed by atoms with Gasteiger partial charge in [-0.2, -0.15) is 8.78 Å². The van der Waals surface area contributed by atoms with Crippen molar-refractivity contribution >= 4 is 23.6 Å². The van der Waals surface area contributed by atoms with Gasteiger partial charge in [0.15, 0.2) is 0 Å². The molecule has 1 rings (SSSR count). The summed E-state index contributed by atoms with van der Waals surface area (Å²) in [6.45, 7) is 9.66. The van der Waals surface area contributed by atoms with Crippen molar-refractivity contribution in [3.05, 3.63) is 49.6 Å². The summed E-state index contributed by atoms with van der Waals surface area (Å²) in [5.74, 6) is -6.66. The third kappa shape index (κ3) is 6.28. The van der Waals surface area contributed by atoms with E-state index in [1.165, 1.54) is 17.1 Å². The molecule has 1 atom stereocenters. The Balaban J connectivity index is 2.66. The zero-order valence-corrected chi connectivity index (χ0v) is 14.7. The summed E-state index contributed by atoms with van der Waals surface area (Å²) >= 11 is 0. The smallest absolute Gasteiger partial charge is 0.342 e. The Kier molecular flexibility index (Phi) is 7.77. The summed E-state index contributed by atoms with van der Waals surface area (Å²) in [6, 6.07) is -0.822. The maximum atomic E-state index is 13.1. The van der Waals surface area contributed by atoms with E-state index in [1.807, 2.05) is 5.32 Å². The number of hydrogen-bond acceptors (Lipinski definition) is 4. The number of nitrogens with one attached hydrogen (secondary N) is 2. The van der Waals surface area contributed by atoms with Gasteiger partial charge in [0.05, 0.1) is 0 Å². The molecule has 0 saturated carbocycles. The predicted molar refractivity (Wildman–Crippen MR) is 94.5 cm³/mol. The van der Waals surface area contributed by atoms with Crippen LogP contribution in [-0.2, 0) is 19.2 Å². The van der Waals surface area contributed by atoms with Gasteiger partial charge in [0.1, 0.15) is 6.04 Å².